The Labute approximate surface area is 135 Å². The molecule has 0 heterocycles. The standard InChI is InChI=1S/C17H22N2O4/c1-17(23)9-11(20)13(15(21)18-2)12(14(17)16(22)19-3)10-7-5-4-6-8-10/h4-8,12-14,23H,9H2,1-3H3,(H,18,21)(H,19,22)/t12-,13+,14-,17-/m0/s1. The fourth-order valence-electron chi connectivity index (χ4n) is 3.48. The molecule has 3 N–H and O–H groups in total. The molecule has 0 aromatic heterocycles. The van der Waals surface area contributed by atoms with Crippen LogP contribution < -0.4 is 10.6 Å². The third-order valence-electron chi connectivity index (χ3n) is 4.51. The molecule has 1 saturated carbocycles. The molecule has 0 spiro atoms. The van der Waals surface area contributed by atoms with Crippen LogP contribution in [0.15, 0.2) is 30.3 Å². The van der Waals surface area contributed by atoms with Gasteiger partial charge in [0.15, 0.2) is 0 Å². The largest absolute Gasteiger partial charge is 0.389 e. The Hall–Kier alpha value is -2.21. The summed E-state index contributed by atoms with van der Waals surface area (Å²) in [6.45, 7) is 1.47. The lowest BCUT2D eigenvalue weighted by molar-refractivity contribution is -0.153. The predicted octanol–water partition coefficient (Wildman–Crippen LogP) is 0.218. The van der Waals surface area contributed by atoms with Crippen molar-refractivity contribution >= 4 is 17.6 Å². The number of hydrogen-bond donors (Lipinski definition) is 3. The summed E-state index contributed by atoms with van der Waals surface area (Å²) >= 11 is 0. The lowest BCUT2D eigenvalue weighted by Gasteiger charge is -2.44. The third kappa shape index (κ3) is 3.12. The van der Waals surface area contributed by atoms with Crippen molar-refractivity contribution in [3.8, 4) is 0 Å². The van der Waals surface area contributed by atoms with Crippen LogP contribution in [0.5, 0.6) is 0 Å². The second-order valence-electron chi connectivity index (χ2n) is 6.12. The van der Waals surface area contributed by atoms with Crippen molar-refractivity contribution in [2.75, 3.05) is 14.1 Å². The summed E-state index contributed by atoms with van der Waals surface area (Å²) in [5.74, 6) is -3.78. The van der Waals surface area contributed by atoms with Gasteiger partial charge in [-0.25, -0.2) is 0 Å². The van der Waals surface area contributed by atoms with E-state index >= 15 is 0 Å². The van der Waals surface area contributed by atoms with E-state index in [0.717, 1.165) is 0 Å². The maximum absolute atomic E-state index is 12.5. The van der Waals surface area contributed by atoms with Crippen molar-refractivity contribution in [2.45, 2.75) is 24.9 Å². The van der Waals surface area contributed by atoms with E-state index in [1.807, 2.05) is 6.07 Å². The summed E-state index contributed by atoms with van der Waals surface area (Å²) in [6, 6.07) is 8.92. The molecule has 1 fully saturated rings. The zero-order chi connectivity index (χ0) is 17.2. The van der Waals surface area contributed by atoms with E-state index in [-0.39, 0.29) is 18.1 Å². The van der Waals surface area contributed by atoms with Gasteiger partial charge in [0.25, 0.3) is 0 Å². The number of rotatable bonds is 3. The van der Waals surface area contributed by atoms with E-state index in [9.17, 15) is 19.5 Å². The highest BCUT2D eigenvalue weighted by Crippen LogP contribution is 2.45. The van der Waals surface area contributed by atoms with Crippen LogP contribution in [0, 0.1) is 11.8 Å². The van der Waals surface area contributed by atoms with Crippen LogP contribution in [0.1, 0.15) is 24.8 Å². The average molecular weight is 318 g/mol. The van der Waals surface area contributed by atoms with Gasteiger partial charge in [0.05, 0.1) is 11.5 Å². The van der Waals surface area contributed by atoms with Crippen molar-refractivity contribution in [3.05, 3.63) is 35.9 Å². The quantitative estimate of drug-likeness (QED) is 0.695. The van der Waals surface area contributed by atoms with Crippen LogP contribution in [0.25, 0.3) is 0 Å². The first-order valence-corrected chi connectivity index (χ1v) is 7.56. The SMILES string of the molecule is CNC(=O)[C@@H]1C(=O)C[C@](C)(O)[C@H](C(=O)NC)[C@H]1c1ccccc1. The van der Waals surface area contributed by atoms with Gasteiger partial charge in [-0.1, -0.05) is 30.3 Å². The molecule has 0 aliphatic heterocycles. The number of aliphatic hydroxyl groups is 1. The topological polar surface area (TPSA) is 95.5 Å². The maximum Gasteiger partial charge on any atom is 0.230 e. The second kappa shape index (κ2) is 6.50. The van der Waals surface area contributed by atoms with Gasteiger partial charge in [0.2, 0.25) is 11.8 Å². The van der Waals surface area contributed by atoms with Crippen molar-refractivity contribution in [1.29, 1.82) is 0 Å². The van der Waals surface area contributed by atoms with Crippen LogP contribution >= 0.6 is 0 Å². The van der Waals surface area contributed by atoms with Gasteiger partial charge in [0.1, 0.15) is 11.7 Å². The first-order chi connectivity index (χ1) is 10.8. The summed E-state index contributed by atoms with van der Waals surface area (Å²) in [5, 5.41) is 15.7. The number of amides is 2. The Morgan fingerprint density at radius 1 is 1.13 bits per heavy atom. The average Bonchev–Trinajstić information content (AvgIpc) is 2.52. The minimum absolute atomic E-state index is 0.230. The van der Waals surface area contributed by atoms with Crippen LogP contribution in [0.2, 0.25) is 0 Å². The molecule has 0 unspecified atom stereocenters. The number of ketones is 1. The molecule has 2 amide bonds. The summed E-state index contributed by atoms with van der Waals surface area (Å²) in [7, 11) is 2.94. The van der Waals surface area contributed by atoms with E-state index in [0.29, 0.717) is 5.56 Å². The molecule has 6 nitrogen and oxygen atoms in total. The number of Topliss-reactive ketones (excluding diaryl/α,β-unsaturated/α-hetero) is 1. The lowest BCUT2D eigenvalue weighted by Crippen LogP contribution is -2.57. The molecular formula is C17H22N2O4. The lowest BCUT2D eigenvalue weighted by atomic mass is 9.61. The summed E-state index contributed by atoms with van der Waals surface area (Å²) < 4.78 is 0. The number of carbonyl (C=O) groups excluding carboxylic acids is 3. The van der Waals surface area contributed by atoms with Crippen molar-refractivity contribution in [2.24, 2.45) is 11.8 Å². The first kappa shape index (κ1) is 17.1. The highest BCUT2D eigenvalue weighted by atomic mass is 16.3. The van der Waals surface area contributed by atoms with Gasteiger partial charge in [0, 0.05) is 26.4 Å². The molecular weight excluding hydrogens is 296 g/mol. The highest BCUT2D eigenvalue weighted by molar-refractivity contribution is 6.05. The Balaban J connectivity index is 2.61. The Morgan fingerprint density at radius 2 is 1.70 bits per heavy atom. The molecule has 1 aromatic rings. The zero-order valence-electron chi connectivity index (χ0n) is 13.5. The van der Waals surface area contributed by atoms with Gasteiger partial charge in [-0.05, 0) is 12.5 Å². The molecule has 1 aromatic carbocycles. The number of benzene rings is 1. The van der Waals surface area contributed by atoms with E-state index < -0.39 is 29.3 Å². The monoisotopic (exact) mass is 318 g/mol. The van der Waals surface area contributed by atoms with Crippen LogP contribution in [0.3, 0.4) is 0 Å². The van der Waals surface area contributed by atoms with Crippen molar-refractivity contribution in [3.63, 3.8) is 0 Å². The minimum Gasteiger partial charge on any atom is -0.389 e. The van der Waals surface area contributed by atoms with Gasteiger partial charge >= 0.3 is 0 Å². The smallest absolute Gasteiger partial charge is 0.230 e. The van der Waals surface area contributed by atoms with Crippen molar-refractivity contribution in [1.82, 2.24) is 10.6 Å². The Morgan fingerprint density at radius 3 is 2.22 bits per heavy atom. The molecule has 4 atom stereocenters. The number of nitrogens with one attached hydrogen (secondary N) is 2. The molecule has 0 radical (unpaired) electrons. The van der Waals surface area contributed by atoms with Crippen LogP contribution in [-0.4, -0.2) is 42.4 Å². The van der Waals surface area contributed by atoms with Crippen LogP contribution in [0.4, 0.5) is 0 Å². The fourth-order valence-corrected chi connectivity index (χ4v) is 3.48. The maximum atomic E-state index is 12.5. The van der Waals surface area contributed by atoms with Gasteiger partial charge < -0.3 is 15.7 Å². The number of carbonyl (C=O) groups is 3. The second-order valence-corrected chi connectivity index (χ2v) is 6.12. The molecule has 124 valence electrons. The summed E-state index contributed by atoms with van der Waals surface area (Å²) in [4.78, 5) is 37.2. The predicted molar refractivity (Wildman–Crippen MR) is 84.5 cm³/mol. The Kier molecular flexibility index (Phi) is 4.85. The van der Waals surface area contributed by atoms with Gasteiger partial charge in [-0.15, -0.1) is 0 Å². The molecule has 1 aliphatic rings. The Bertz CT molecular complexity index is 612. The summed E-state index contributed by atoms with van der Waals surface area (Å²) in [6.07, 6.45) is -0.230. The molecule has 23 heavy (non-hydrogen) atoms. The third-order valence-corrected chi connectivity index (χ3v) is 4.51. The molecule has 1 aliphatic carbocycles. The highest BCUT2D eigenvalue weighted by Gasteiger charge is 2.55. The van der Waals surface area contributed by atoms with Gasteiger partial charge in [-0.2, -0.15) is 0 Å². The minimum atomic E-state index is -1.51. The van der Waals surface area contributed by atoms with Crippen molar-refractivity contribution < 1.29 is 19.5 Å². The van der Waals surface area contributed by atoms with E-state index in [1.165, 1.54) is 21.0 Å². The normalized spacial score (nSPS) is 30.6. The van der Waals surface area contributed by atoms with E-state index in [2.05, 4.69) is 10.6 Å². The van der Waals surface area contributed by atoms with E-state index in [4.69, 9.17) is 0 Å². The molecule has 0 saturated heterocycles. The fraction of sp³-hybridized carbons (Fsp3) is 0.471. The molecule has 0 bridgehead atoms. The molecule has 2 rings (SSSR count). The van der Waals surface area contributed by atoms with Crippen LogP contribution in [-0.2, 0) is 14.4 Å². The summed E-state index contributed by atoms with van der Waals surface area (Å²) in [5.41, 5.74) is -0.828. The van der Waals surface area contributed by atoms with Gasteiger partial charge in [-0.3, -0.25) is 14.4 Å². The molecule has 6 heteroatoms. The zero-order valence-corrected chi connectivity index (χ0v) is 13.5. The number of hydrogen-bond acceptors (Lipinski definition) is 4. The van der Waals surface area contributed by atoms with E-state index in [1.54, 1.807) is 24.3 Å². The first-order valence-electron chi connectivity index (χ1n) is 7.56.